The first-order chi connectivity index (χ1) is 12.7. The first kappa shape index (κ1) is 18.1. The van der Waals surface area contributed by atoms with Crippen molar-refractivity contribution in [1.82, 2.24) is 5.32 Å². The molecule has 1 unspecified atom stereocenters. The van der Waals surface area contributed by atoms with Gasteiger partial charge in [-0.05, 0) is 61.1 Å². The average Bonchev–Trinajstić information content (AvgIpc) is 2.67. The Bertz CT molecular complexity index is 787. The Labute approximate surface area is 153 Å². The summed E-state index contributed by atoms with van der Waals surface area (Å²) in [6.45, 7) is 2.46. The van der Waals surface area contributed by atoms with Crippen molar-refractivity contribution in [3.63, 3.8) is 0 Å². The van der Waals surface area contributed by atoms with Crippen LogP contribution in [-0.4, -0.2) is 18.5 Å². The normalized spacial score (nSPS) is 16.7. The van der Waals surface area contributed by atoms with Gasteiger partial charge in [-0.25, -0.2) is 9.38 Å². The van der Waals surface area contributed by atoms with Gasteiger partial charge in [0.1, 0.15) is 5.82 Å². The molecular weight excluding hydrogens is 331 g/mol. The number of benzene rings is 2. The monoisotopic (exact) mass is 354 g/mol. The fourth-order valence-electron chi connectivity index (χ4n) is 3.08. The molecule has 2 aromatic rings. The summed E-state index contributed by atoms with van der Waals surface area (Å²) in [4.78, 5) is 17.1. The maximum Gasteiger partial charge on any atom is 0.292 e. The number of rotatable bonds is 4. The number of aryl methyl sites for hydroxylation is 1. The summed E-state index contributed by atoms with van der Waals surface area (Å²) in [6.07, 6.45) is 3.84. The van der Waals surface area contributed by atoms with Crippen molar-refractivity contribution < 1.29 is 13.9 Å². The van der Waals surface area contributed by atoms with Crippen molar-refractivity contribution in [3.8, 4) is 0 Å². The number of halogens is 1. The van der Waals surface area contributed by atoms with E-state index in [0.29, 0.717) is 12.2 Å². The van der Waals surface area contributed by atoms with Crippen LogP contribution in [0.1, 0.15) is 53.7 Å². The number of carbonyl (C=O) groups is 1. The van der Waals surface area contributed by atoms with Crippen molar-refractivity contribution in [3.05, 3.63) is 71.0 Å². The van der Waals surface area contributed by atoms with Crippen LogP contribution in [0.5, 0.6) is 0 Å². The molecule has 0 aromatic heterocycles. The maximum absolute atomic E-state index is 13.0. The number of nitrogens with one attached hydrogen (secondary N) is 1. The number of amidine groups is 1. The van der Waals surface area contributed by atoms with Gasteiger partial charge >= 0.3 is 0 Å². The predicted molar refractivity (Wildman–Crippen MR) is 99.7 cm³/mol. The number of ether oxygens (including phenoxy) is 1. The van der Waals surface area contributed by atoms with E-state index in [1.807, 2.05) is 19.1 Å². The second kappa shape index (κ2) is 8.61. The van der Waals surface area contributed by atoms with E-state index in [1.165, 1.54) is 35.4 Å². The molecule has 0 saturated heterocycles. The Kier molecular flexibility index (Phi) is 6.00. The smallest absolute Gasteiger partial charge is 0.292 e. The summed E-state index contributed by atoms with van der Waals surface area (Å²) in [7, 11) is 0. The molecule has 0 spiro atoms. The number of nitrogens with zero attached hydrogens (tertiary/aromatic N) is 1. The second-order valence-corrected chi connectivity index (χ2v) is 6.35. The van der Waals surface area contributed by atoms with Crippen LogP contribution in [0, 0.1) is 5.82 Å². The molecule has 1 atom stereocenters. The minimum atomic E-state index is -0.378. The Balaban J connectivity index is 1.80. The van der Waals surface area contributed by atoms with Gasteiger partial charge in [0, 0.05) is 5.56 Å². The molecule has 1 aliphatic rings. The molecule has 3 rings (SSSR count). The van der Waals surface area contributed by atoms with Gasteiger partial charge in [0.25, 0.3) is 11.9 Å². The zero-order valence-corrected chi connectivity index (χ0v) is 14.9. The lowest BCUT2D eigenvalue weighted by Gasteiger charge is -2.23. The second-order valence-electron chi connectivity index (χ2n) is 6.35. The minimum Gasteiger partial charge on any atom is -0.465 e. The van der Waals surface area contributed by atoms with Crippen molar-refractivity contribution >= 4 is 11.9 Å². The molecule has 1 N–H and O–H groups in total. The summed E-state index contributed by atoms with van der Waals surface area (Å²) >= 11 is 0. The third-order valence-corrected chi connectivity index (χ3v) is 4.38. The highest BCUT2D eigenvalue weighted by Gasteiger charge is 2.21. The molecule has 0 fully saturated rings. The zero-order valence-electron chi connectivity index (χ0n) is 14.9. The van der Waals surface area contributed by atoms with Crippen LogP contribution in [0.2, 0.25) is 0 Å². The molecule has 2 aromatic carbocycles. The fourth-order valence-corrected chi connectivity index (χ4v) is 3.08. The van der Waals surface area contributed by atoms with Crippen LogP contribution >= 0.6 is 0 Å². The summed E-state index contributed by atoms with van der Waals surface area (Å²) in [5.41, 5.74) is 2.85. The van der Waals surface area contributed by atoms with Gasteiger partial charge in [-0.1, -0.05) is 31.2 Å². The Morgan fingerprint density at radius 1 is 1.23 bits per heavy atom. The van der Waals surface area contributed by atoms with E-state index in [-0.39, 0.29) is 23.8 Å². The van der Waals surface area contributed by atoms with Crippen LogP contribution in [0.3, 0.4) is 0 Å². The van der Waals surface area contributed by atoms with E-state index < -0.39 is 0 Å². The Morgan fingerprint density at radius 3 is 2.77 bits per heavy atom. The molecule has 0 aliphatic heterocycles. The van der Waals surface area contributed by atoms with Gasteiger partial charge in [-0.15, -0.1) is 0 Å². The summed E-state index contributed by atoms with van der Waals surface area (Å²) in [5.74, 6) is -0.736. The van der Waals surface area contributed by atoms with Crippen LogP contribution in [-0.2, 0) is 11.2 Å². The molecule has 0 heterocycles. The first-order valence-electron chi connectivity index (χ1n) is 9.02. The largest absolute Gasteiger partial charge is 0.465 e. The van der Waals surface area contributed by atoms with Gasteiger partial charge in [0.15, 0.2) is 0 Å². The number of aliphatic imine (C=N–C) groups is 1. The molecule has 4 nitrogen and oxygen atoms in total. The molecule has 1 aliphatic carbocycles. The lowest BCUT2D eigenvalue weighted by Crippen LogP contribution is -2.33. The third-order valence-electron chi connectivity index (χ3n) is 4.38. The number of hydrogen-bond acceptors (Lipinski definition) is 3. The van der Waals surface area contributed by atoms with Crippen LogP contribution < -0.4 is 5.32 Å². The Morgan fingerprint density at radius 2 is 2.00 bits per heavy atom. The molecule has 5 heteroatoms. The van der Waals surface area contributed by atoms with Crippen molar-refractivity contribution in [1.29, 1.82) is 0 Å². The number of fused-ring (bicyclic) bond motifs is 1. The van der Waals surface area contributed by atoms with Gasteiger partial charge in [0.05, 0.1) is 12.6 Å². The van der Waals surface area contributed by atoms with Crippen LogP contribution in [0.15, 0.2) is 53.5 Å². The summed E-state index contributed by atoms with van der Waals surface area (Å²) < 4.78 is 18.7. The Hall–Kier alpha value is -2.69. The quantitative estimate of drug-likeness (QED) is 0.653. The lowest BCUT2D eigenvalue weighted by molar-refractivity contribution is 0.0965. The van der Waals surface area contributed by atoms with Gasteiger partial charge in [0.2, 0.25) is 0 Å². The molecule has 136 valence electrons. The van der Waals surface area contributed by atoms with Gasteiger partial charge < -0.3 is 4.74 Å². The van der Waals surface area contributed by atoms with E-state index >= 15 is 0 Å². The number of amides is 1. The lowest BCUT2D eigenvalue weighted by atomic mass is 9.88. The first-order valence-corrected chi connectivity index (χ1v) is 9.02. The topological polar surface area (TPSA) is 50.7 Å². The zero-order chi connectivity index (χ0) is 18.4. The van der Waals surface area contributed by atoms with Crippen molar-refractivity contribution in [2.45, 2.75) is 38.6 Å². The molecule has 1 amide bonds. The average molecular weight is 354 g/mol. The van der Waals surface area contributed by atoms with E-state index in [9.17, 15) is 9.18 Å². The van der Waals surface area contributed by atoms with Crippen LogP contribution in [0.25, 0.3) is 0 Å². The molecule has 0 bridgehead atoms. The summed E-state index contributed by atoms with van der Waals surface area (Å²) in [5, 5.41) is 2.73. The third kappa shape index (κ3) is 4.48. The van der Waals surface area contributed by atoms with E-state index in [4.69, 9.17) is 4.74 Å². The van der Waals surface area contributed by atoms with Crippen LogP contribution in [0.4, 0.5) is 4.39 Å². The molecule has 0 radical (unpaired) electrons. The van der Waals surface area contributed by atoms with E-state index in [0.717, 1.165) is 25.7 Å². The highest BCUT2D eigenvalue weighted by molar-refractivity contribution is 6.04. The molecule has 0 saturated carbocycles. The van der Waals surface area contributed by atoms with E-state index in [2.05, 4.69) is 22.4 Å². The highest BCUT2D eigenvalue weighted by Crippen LogP contribution is 2.32. The number of carbonyl (C=O) groups excluding carboxylic acids is 1. The maximum atomic E-state index is 13.0. The minimum absolute atomic E-state index is 0.0275. The standard InChI is InChI=1S/C21H23FN2O2/c1-2-14-26-21(24-20(25)16-10-12-17(22)13-11-16)23-19-9-5-7-15-6-3-4-8-18(15)19/h3-4,6,8,10-13,19H,2,5,7,9,14H2,1H3,(H,23,24,25). The van der Waals surface area contributed by atoms with Crippen molar-refractivity contribution in [2.75, 3.05) is 6.61 Å². The van der Waals surface area contributed by atoms with Gasteiger partial charge in [-0.3, -0.25) is 10.1 Å². The van der Waals surface area contributed by atoms with E-state index in [1.54, 1.807) is 0 Å². The number of hydrogen-bond donors (Lipinski definition) is 1. The molecule has 26 heavy (non-hydrogen) atoms. The predicted octanol–water partition coefficient (Wildman–Crippen LogP) is 4.42. The fraction of sp³-hybridized carbons (Fsp3) is 0.333. The SMILES string of the molecule is CCCOC(=NC1CCCc2ccccc21)NC(=O)c1ccc(F)cc1. The summed E-state index contributed by atoms with van der Waals surface area (Å²) in [6, 6.07) is 13.9. The highest BCUT2D eigenvalue weighted by atomic mass is 19.1. The molecular formula is C21H23FN2O2. The van der Waals surface area contributed by atoms with Crippen molar-refractivity contribution in [2.24, 2.45) is 4.99 Å². The van der Waals surface area contributed by atoms with Gasteiger partial charge in [-0.2, -0.15) is 0 Å².